The summed E-state index contributed by atoms with van der Waals surface area (Å²) in [7, 11) is 3.54. The van der Waals surface area contributed by atoms with Crippen LogP contribution in [0, 0.1) is 6.92 Å². The average Bonchev–Trinajstić information content (AvgIpc) is 2.73. The summed E-state index contributed by atoms with van der Waals surface area (Å²) in [4.78, 5) is 37.6. The number of hydrogen-bond acceptors (Lipinski definition) is 5. The molecule has 1 N–H and O–H groups in total. The maximum atomic E-state index is 12.6. The number of likely N-dealkylation sites (N-methyl/N-ethyl adjacent to an activating group) is 1. The molecule has 154 valence electrons. The summed E-state index contributed by atoms with van der Waals surface area (Å²) in [5, 5.41) is 2.92. The van der Waals surface area contributed by atoms with E-state index in [4.69, 9.17) is 0 Å². The van der Waals surface area contributed by atoms with Gasteiger partial charge in [0.25, 0.3) is 5.91 Å². The lowest BCUT2D eigenvalue weighted by Crippen LogP contribution is -2.41. The van der Waals surface area contributed by atoms with E-state index >= 15 is 0 Å². The second-order valence-corrected chi connectivity index (χ2v) is 7.67. The van der Waals surface area contributed by atoms with Crippen molar-refractivity contribution in [1.29, 1.82) is 0 Å². The zero-order valence-electron chi connectivity index (χ0n) is 17.4. The van der Waals surface area contributed by atoms with Crippen molar-refractivity contribution in [1.82, 2.24) is 25.1 Å². The van der Waals surface area contributed by atoms with Crippen molar-refractivity contribution >= 4 is 11.8 Å². The molecule has 2 aromatic rings. The fourth-order valence-electron chi connectivity index (χ4n) is 3.53. The van der Waals surface area contributed by atoms with Crippen LogP contribution in [-0.4, -0.2) is 58.8 Å². The van der Waals surface area contributed by atoms with Gasteiger partial charge in [-0.05, 0) is 31.9 Å². The molecule has 2 heterocycles. The zero-order chi connectivity index (χ0) is 20.8. The standard InChI is InChI=1S/C22H29N5O2/c1-16-18(22(29)24-13-17-9-5-4-6-10-17)14-23-21(25-16)19-11-7-8-12-27(19)15-20(28)26(2)3/h4-6,9-10,14,19H,7-8,11-13,15H2,1-3H3,(H,24,29). The Balaban J connectivity index is 1.70. The number of piperidine rings is 1. The Hall–Kier alpha value is -2.80. The molecule has 1 unspecified atom stereocenters. The topological polar surface area (TPSA) is 78.4 Å². The molecule has 0 radical (unpaired) electrons. The van der Waals surface area contributed by atoms with Gasteiger partial charge in [-0.2, -0.15) is 0 Å². The molecule has 2 amide bonds. The molecule has 1 fully saturated rings. The van der Waals surface area contributed by atoms with Gasteiger partial charge in [-0.1, -0.05) is 36.8 Å². The van der Waals surface area contributed by atoms with E-state index in [2.05, 4.69) is 20.2 Å². The lowest BCUT2D eigenvalue weighted by molar-refractivity contribution is -0.130. The Morgan fingerprint density at radius 2 is 1.97 bits per heavy atom. The number of nitrogens with one attached hydrogen (secondary N) is 1. The smallest absolute Gasteiger partial charge is 0.254 e. The van der Waals surface area contributed by atoms with Gasteiger partial charge in [0.1, 0.15) is 5.82 Å². The first-order valence-electron chi connectivity index (χ1n) is 10.1. The first-order valence-corrected chi connectivity index (χ1v) is 10.1. The van der Waals surface area contributed by atoms with E-state index in [1.807, 2.05) is 37.3 Å². The maximum Gasteiger partial charge on any atom is 0.254 e. The Kier molecular flexibility index (Phi) is 6.93. The molecule has 1 aromatic heterocycles. The van der Waals surface area contributed by atoms with Crippen LogP contribution in [0.3, 0.4) is 0 Å². The fraction of sp³-hybridized carbons (Fsp3) is 0.455. The van der Waals surface area contributed by atoms with Crippen LogP contribution in [-0.2, 0) is 11.3 Å². The summed E-state index contributed by atoms with van der Waals surface area (Å²) in [6.07, 6.45) is 4.67. The molecule has 1 aromatic carbocycles. The molecule has 3 rings (SSSR count). The molecule has 1 aliphatic rings. The Labute approximate surface area is 172 Å². The van der Waals surface area contributed by atoms with Crippen molar-refractivity contribution < 1.29 is 9.59 Å². The molecule has 0 saturated carbocycles. The highest BCUT2D eigenvalue weighted by atomic mass is 16.2. The molecule has 1 atom stereocenters. The second kappa shape index (κ2) is 9.60. The molecule has 29 heavy (non-hydrogen) atoms. The van der Waals surface area contributed by atoms with Crippen molar-refractivity contribution in [3.05, 3.63) is 59.2 Å². The highest BCUT2D eigenvalue weighted by Crippen LogP contribution is 2.29. The number of carbonyl (C=O) groups is 2. The lowest BCUT2D eigenvalue weighted by atomic mass is 10.0. The summed E-state index contributed by atoms with van der Waals surface area (Å²) >= 11 is 0. The number of amides is 2. The van der Waals surface area contributed by atoms with Gasteiger partial charge in [0, 0.05) is 26.8 Å². The first-order chi connectivity index (χ1) is 14.0. The van der Waals surface area contributed by atoms with Gasteiger partial charge >= 0.3 is 0 Å². The fourth-order valence-corrected chi connectivity index (χ4v) is 3.53. The third kappa shape index (κ3) is 5.38. The van der Waals surface area contributed by atoms with Crippen LogP contribution in [0.4, 0.5) is 0 Å². The van der Waals surface area contributed by atoms with Crippen LogP contribution >= 0.6 is 0 Å². The van der Waals surface area contributed by atoms with Crippen molar-refractivity contribution in [2.24, 2.45) is 0 Å². The Morgan fingerprint density at radius 3 is 2.66 bits per heavy atom. The first kappa shape index (κ1) is 20.9. The van der Waals surface area contributed by atoms with Gasteiger partial charge in [-0.3, -0.25) is 14.5 Å². The van der Waals surface area contributed by atoms with E-state index in [9.17, 15) is 9.59 Å². The van der Waals surface area contributed by atoms with Crippen LogP contribution in [0.5, 0.6) is 0 Å². The number of aryl methyl sites for hydroxylation is 1. The third-order valence-corrected chi connectivity index (χ3v) is 5.29. The van der Waals surface area contributed by atoms with Crippen LogP contribution in [0.15, 0.2) is 36.5 Å². The van der Waals surface area contributed by atoms with Gasteiger partial charge < -0.3 is 10.2 Å². The normalized spacial score (nSPS) is 17.0. The van der Waals surface area contributed by atoms with Gasteiger partial charge in [0.15, 0.2) is 0 Å². The molecule has 7 heteroatoms. The number of hydrogen-bond donors (Lipinski definition) is 1. The average molecular weight is 396 g/mol. The minimum atomic E-state index is -0.179. The Morgan fingerprint density at radius 1 is 1.21 bits per heavy atom. The molecule has 0 aliphatic carbocycles. The van der Waals surface area contributed by atoms with Gasteiger partial charge in [-0.15, -0.1) is 0 Å². The molecule has 1 saturated heterocycles. The van der Waals surface area contributed by atoms with Gasteiger partial charge in [-0.25, -0.2) is 9.97 Å². The molecule has 0 spiro atoms. The summed E-state index contributed by atoms with van der Waals surface area (Å²) < 4.78 is 0. The van der Waals surface area contributed by atoms with E-state index < -0.39 is 0 Å². The minimum Gasteiger partial charge on any atom is -0.348 e. The largest absolute Gasteiger partial charge is 0.348 e. The van der Waals surface area contributed by atoms with Crippen molar-refractivity contribution in [3.63, 3.8) is 0 Å². The van der Waals surface area contributed by atoms with Crippen molar-refractivity contribution in [3.8, 4) is 0 Å². The van der Waals surface area contributed by atoms with Crippen LogP contribution in [0.1, 0.15) is 52.7 Å². The molecule has 7 nitrogen and oxygen atoms in total. The summed E-state index contributed by atoms with van der Waals surface area (Å²) in [6, 6.07) is 9.79. The minimum absolute atomic E-state index is 0.00720. The second-order valence-electron chi connectivity index (χ2n) is 7.67. The van der Waals surface area contributed by atoms with Crippen molar-refractivity contribution in [2.75, 3.05) is 27.2 Å². The number of benzene rings is 1. The number of aromatic nitrogens is 2. The highest BCUT2D eigenvalue weighted by molar-refractivity contribution is 5.94. The van der Waals surface area contributed by atoms with Gasteiger partial charge in [0.05, 0.1) is 23.8 Å². The summed E-state index contributed by atoms with van der Waals surface area (Å²) in [6.45, 7) is 3.51. The van der Waals surface area contributed by atoms with Crippen LogP contribution < -0.4 is 5.32 Å². The SMILES string of the molecule is Cc1nc(C2CCCCN2CC(=O)N(C)C)ncc1C(=O)NCc1ccccc1. The molecule has 1 aliphatic heterocycles. The lowest BCUT2D eigenvalue weighted by Gasteiger charge is -2.34. The van der Waals surface area contributed by atoms with E-state index in [-0.39, 0.29) is 17.9 Å². The Bertz CT molecular complexity index is 854. The third-order valence-electron chi connectivity index (χ3n) is 5.29. The monoisotopic (exact) mass is 395 g/mol. The number of rotatable bonds is 6. The number of likely N-dealkylation sites (tertiary alicyclic amines) is 1. The van der Waals surface area contributed by atoms with Crippen molar-refractivity contribution in [2.45, 2.75) is 38.8 Å². The predicted molar refractivity (Wildman–Crippen MR) is 111 cm³/mol. The van der Waals surface area contributed by atoms with Crippen LogP contribution in [0.25, 0.3) is 0 Å². The molecular formula is C22H29N5O2. The van der Waals surface area contributed by atoms with E-state index in [1.54, 1.807) is 25.2 Å². The summed E-state index contributed by atoms with van der Waals surface area (Å²) in [5.74, 6) is 0.583. The van der Waals surface area contributed by atoms with E-state index in [0.29, 0.717) is 30.2 Å². The highest BCUT2D eigenvalue weighted by Gasteiger charge is 2.28. The van der Waals surface area contributed by atoms with Crippen LogP contribution in [0.2, 0.25) is 0 Å². The number of nitrogens with zero attached hydrogens (tertiary/aromatic N) is 4. The predicted octanol–water partition coefficient (Wildman–Crippen LogP) is 2.33. The maximum absolute atomic E-state index is 12.6. The summed E-state index contributed by atoms with van der Waals surface area (Å²) in [5.41, 5.74) is 2.18. The molecule has 0 bridgehead atoms. The zero-order valence-corrected chi connectivity index (χ0v) is 17.4. The quantitative estimate of drug-likeness (QED) is 0.812. The van der Waals surface area contributed by atoms with E-state index in [0.717, 1.165) is 31.4 Å². The molecular weight excluding hydrogens is 366 g/mol. The van der Waals surface area contributed by atoms with E-state index in [1.165, 1.54) is 0 Å². The number of carbonyl (C=O) groups excluding carboxylic acids is 2. The van der Waals surface area contributed by atoms with Gasteiger partial charge in [0.2, 0.25) is 5.91 Å².